The molecule has 1 aliphatic heterocycles. The molecule has 4 rings (SSSR count). The Hall–Kier alpha value is -4.84. The van der Waals surface area contributed by atoms with E-state index in [9.17, 15) is 19.2 Å². The zero-order valence-corrected chi connectivity index (χ0v) is 20.9. The van der Waals surface area contributed by atoms with Crippen LogP contribution in [0.4, 0.5) is 10.3 Å². The van der Waals surface area contributed by atoms with Gasteiger partial charge in [0.1, 0.15) is 11.3 Å². The summed E-state index contributed by atoms with van der Waals surface area (Å²) in [7, 11) is 0. The number of halogens is 1. The van der Waals surface area contributed by atoms with Crippen molar-refractivity contribution < 1.29 is 14.0 Å². The van der Waals surface area contributed by atoms with E-state index in [0.717, 1.165) is 19.3 Å². The Labute approximate surface area is 220 Å². The summed E-state index contributed by atoms with van der Waals surface area (Å²) in [6.07, 6.45) is 10.6. The highest BCUT2D eigenvalue weighted by Gasteiger charge is 2.22. The Morgan fingerprint density at radius 2 is 1.95 bits per heavy atom. The Bertz CT molecular complexity index is 1500. The molecule has 1 aliphatic rings. The summed E-state index contributed by atoms with van der Waals surface area (Å²) in [6.45, 7) is 8.55. The molecule has 0 bridgehead atoms. The highest BCUT2D eigenvalue weighted by Crippen LogP contribution is 2.23. The number of carbonyl (C=O) groups is 2. The van der Waals surface area contributed by atoms with Crippen LogP contribution in [0, 0.1) is 11.3 Å². The summed E-state index contributed by atoms with van der Waals surface area (Å²) in [5.41, 5.74) is 2.55. The third-order valence-electron chi connectivity index (χ3n) is 6.11. The first-order valence-electron chi connectivity index (χ1n) is 12.2. The molecule has 1 fully saturated rings. The largest absolute Gasteiger partial charge is 0.339 e. The number of nitrogens with zero attached hydrogens (tertiary/aromatic N) is 5. The van der Waals surface area contributed by atoms with Crippen LogP contribution in [0.2, 0.25) is 0 Å². The van der Waals surface area contributed by atoms with Crippen molar-refractivity contribution in [2.24, 2.45) is 0 Å². The van der Waals surface area contributed by atoms with Crippen LogP contribution in [-0.2, 0) is 6.54 Å². The van der Waals surface area contributed by atoms with Crippen LogP contribution in [0.3, 0.4) is 0 Å². The van der Waals surface area contributed by atoms with Gasteiger partial charge in [0, 0.05) is 24.8 Å². The first kappa shape index (κ1) is 26.2. The van der Waals surface area contributed by atoms with E-state index >= 15 is 0 Å². The molecule has 3 aromatic rings. The summed E-state index contributed by atoms with van der Waals surface area (Å²) in [5, 5.41) is 12.0. The van der Waals surface area contributed by atoms with Gasteiger partial charge in [-0.05, 0) is 55.2 Å². The summed E-state index contributed by atoms with van der Waals surface area (Å²) >= 11 is 0. The van der Waals surface area contributed by atoms with Crippen LogP contribution in [0.1, 0.15) is 45.5 Å². The van der Waals surface area contributed by atoms with E-state index in [1.807, 2.05) is 11.0 Å². The van der Waals surface area contributed by atoms with Crippen molar-refractivity contribution in [1.82, 2.24) is 19.4 Å². The quantitative estimate of drug-likeness (QED) is 0.413. The van der Waals surface area contributed by atoms with Gasteiger partial charge in [0.15, 0.2) is 5.65 Å². The zero-order valence-electron chi connectivity index (χ0n) is 20.9. The summed E-state index contributed by atoms with van der Waals surface area (Å²) in [6, 6.07) is 9.98. The van der Waals surface area contributed by atoms with E-state index in [0.29, 0.717) is 41.0 Å². The maximum atomic E-state index is 13.3. The Morgan fingerprint density at radius 1 is 1.16 bits per heavy atom. The van der Waals surface area contributed by atoms with Crippen LogP contribution in [0.25, 0.3) is 11.2 Å². The zero-order chi connectivity index (χ0) is 27.1. The lowest BCUT2D eigenvalue weighted by molar-refractivity contribution is 0.0724. The number of benzene rings is 1. The number of hydrogen-bond donors (Lipinski definition) is 1. The molecule has 2 amide bonds. The van der Waals surface area contributed by atoms with Crippen LogP contribution < -0.4 is 5.32 Å². The summed E-state index contributed by atoms with van der Waals surface area (Å²) in [5.74, 6) is -1.00. The van der Waals surface area contributed by atoms with Gasteiger partial charge < -0.3 is 4.90 Å². The van der Waals surface area contributed by atoms with Crippen molar-refractivity contribution in [2.45, 2.75) is 25.8 Å². The molecule has 9 heteroatoms. The van der Waals surface area contributed by atoms with E-state index in [-0.39, 0.29) is 24.0 Å². The van der Waals surface area contributed by atoms with E-state index in [4.69, 9.17) is 0 Å². The number of carbonyl (C=O) groups excluding carboxylic acids is 2. The SMILES string of the molecule is C=C/C=C(\C=C/C(=C)F)Cn1c(NC(=O)c2cccc(C#N)c2)nc2cc(C(=O)N3CCCCC3)cnc21. The van der Waals surface area contributed by atoms with Crippen LogP contribution in [0.15, 0.2) is 85.4 Å². The average Bonchev–Trinajstić information content (AvgIpc) is 3.27. The fraction of sp³-hybridized carbons (Fsp3) is 0.207. The van der Waals surface area contributed by atoms with Gasteiger partial charge >= 0.3 is 0 Å². The third kappa shape index (κ3) is 6.10. The standard InChI is InChI=1S/C29H27FN6O2/c1-3-8-21(12-11-20(2)30)19-36-26-25(16-24(18-32-26)28(38)35-13-5-4-6-14-35)33-29(36)34-27(37)23-10-7-9-22(15-23)17-31/h3,7-12,15-16,18H,1-2,4-6,13-14,19H2,(H,33,34,37)/b12-11-,21-8+. The van der Waals surface area contributed by atoms with Crippen molar-refractivity contribution >= 4 is 28.9 Å². The number of amides is 2. The molecule has 1 saturated heterocycles. The number of allylic oxidation sites excluding steroid dienone is 6. The predicted octanol–water partition coefficient (Wildman–Crippen LogP) is 5.33. The molecule has 8 nitrogen and oxygen atoms in total. The minimum absolute atomic E-state index is 0.107. The molecule has 0 aliphatic carbocycles. The van der Waals surface area contributed by atoms with E-state index < -0.39 is 11.7 Å². The maximum absolute atomic E-state index is 13.3. The number of nitriles is 1. The highest BCUT2D eigenvalue weighted by atomic mass is 19.1. The van der Waals surface area contributed by atoms with Crippen LogP contribution in [-0.4, -0.2) is 44.3 Å². The molecule has 1 aromatic carbocycles. The second-order valence-corrected chi connectivity index (χ2v) is 8.85. The summed E-state index contributed by atoms with van der Waals surface area (Å²) < 4.78 is 15.0. The number of pyridine rings is 1. The Balaban J connectivity index is 1.74. The number of imidazole rings is 1. The lowest BCUT2D eigenvalue weighted by atomic mass is 10.1. The van der Waals surface area contributed by atoms with Gasteiger partial charge in [-0.2, -0.15) is 5.26 Å². The summed E-state index contributed by atoms with van der Waals surface area (Å²) in [4.78, 5) is 37.0. The molecule has 38 heavy (non-hydrogen) atoms. The minimum atomic E-state index is -0.611. The average molecular weight is 511 g/mol. The third-order valence-corrected chi connectivity index (χ3v) is 6.11. The van der Waals surface area contributed by atoms with Crippen molar-refractivity contribution in [1.29, 1.82) is 5.26 Å². The van der Waals surface area contributed by atoms with E-state index in [1.54, 1.807) is 47.1 Å². The Kier molecular flexibility index (Phi) is 8.23. The molecular formula is C29H27FN6O2. The van der Waals surface area contributed by atoms with Crippen molar-refractivity contribution in [3.8, 4) is 6.07 Å². The second kappa shape index (κ2) is 11.9. The minimum Gasteiger partial charge on any atom is -0.339 e. The van der Waals surface area contributed by atoms with E-state index in [2.05, 4.69) is 28.4 Å². The molecule has 192 valence electrons. The Morgan fingerprint density at radius 3 is 2.66 bits per heavy atom. The van der Waals surface area contributed by atoms with Gasteiger partial charge in [0.25, 0.3) is 11.8 Å². The number of nitrogens with one attached hydrogen (secondary N) is 1. The number of fused-ring (bicyclic) bond motifs is 1. The number of aromatic nitrogens is 3. The fourth-order valence-corrected chi connectivity index (χ4v) is 4.25. The smallest absolute Gasteiger partial charge is 0.258 e. The lowest BCUT2D eigenvalue weighted by Gasteiger charge is -2.26. The van der Waals surface area contributed by atoms with Gasteiger partial charge in [-0.25, -0.2) is 14.4 Å². The molecule has 1 N–H and O–H groups in total. The van der Waals surface area contributed by atoms with Crippen molar-refractivity contribution in [2.75, 3.05) is 18.4 Å². The second-order valence-electron chi connectivity index (χ2n) is 8.85. The normalized spacial score (nSPS) is 13.9. The molecular weight excluding hydrogens is 483 g/mol. The highest BCUT2D eigenvalue weighted by molar-refractivity contribution is 6.04. The topological polar surface area (TPSA) is 104 Å². The maximum Gasteiger partial charge on any atom is 0.258 e. The molecule has 0 unspecified atom stereocenters. The predicted molar refractivity (Wildman–Crippen MR) is 144 cm³/mol. The first-order valence-corrected chi connectivity index (χ1v) is 12.2. The van der Waals surface area contributed by atoms with Crippen molar-refractivity contribution in [3.63, 3.8) is 0 Å². The van der Waals surface area contributed by atoms with Gasteiger partial charge in [-0.3, -0.25) is 19.5 Å². The number of piperidine rings is 1. The molecule has 0 saturated carbocycles. The molecule has 2 aromatic heterocycles. The number of likely N-dealkylation sites (tertiary alicyclic amines) is 1. The molecule has 3 heterocycles. The molecule has 0 atom stereocenters. The monoisotopic (exact) mass is 510 g/mol. The van der Waals surface area contributed by atoms with Gasteiger partial charge in [0.2, 0.25) is 5.95 Å². The van der Waals surface area contributed by atoms with Crippen LogP contribution >= 0.6 is 0 Å². The van der Waals surface area contributed by atoms with E-state index in [1.165, 1.54) is 18.3 Å². The van der Waals surface area contributed by atoms with Gasteiger partial charge in [-0.1, -0.05) is 37.5 Å². The first-order chi connectivity index (χ1) is 18.4. The number of hydrogen-bond acceptors (Lipinski definition) is 5. The van der Waals surface area contributed by atoms with Crippen LogP contribution in [0.5, 0.6) is 0 Å². The number of rotatable bonds is 8. The molecule has 0 spiro atoms. The fourth-order valence-electron chi connectivity index (χ4n) is 4.25. The van der Waals surface area contributed by atoms with Crippen molar-refractivity contribution in [3.05, 3.63) is 102 Å². The molecule has 0 radical (unpaired) electrons. The van der Waals surface area contributed by atoms with Gasteiger partial charge in [0.05, 0.1) is 23.7 Å². The lowest BCUT2D eigenvalue weighted by Crippen LogP contribution is -2.35. The number of anilines is 1. The van der Waals surface area contributed by atoms with Gasteiger partial charge in [-0.15, -0.1) is 0 Å².